The molecule has 6 heteroatoms. The Morgan fingerprint density at radius 2 is 1.92 bits per heavy atom. The molecule has 1 heterocycles. The van der Waals surface area contributed by atoms with Crippen LogP contribution in [0.2, 0.25) is 5.02 Å². The number of benzene rings is 1. The lowest BCUT2D eigenvalue weighted by atomic mass is 9.93. The summed E-state index contributed by atoms with van der Waals surface area (Å²) in [6, 6.07) is 5.79. The number of halogens is 1. The minimum Gasteiger partial charge on any atom is -0.327 e. The summed E-state index contributed by atoms with van der Waals surface area (Å²) in [5.41, 5.74) is 2.19. The van der Waals surface area contributed by atoms with Crippen molar-refractivity contribution in [2.45, 2.75) is 13.0 Å². The number of carbonyl (C=O) groups is 2. The maximum Gasteiger partial charge on any atom is 0.319 e. The van der Waals surface area contributed by atoms with Gasteiger partial charge < -0.3 is 16.0 Å². The van der Waals surface area contributed by atoms with Crippen LogP contribution in [0.1, 0.15) is 6.92 Å². The van der Waals surface area contributed by atoms with Crippen LogP contribution in [0.3, 0.4) is 0 Å². The van der Waals surface area contributed by atoms with E-state index in [4.69, 9.17) is 11.6 Å². The molecule has 0 aliphatic carbocycles. The maximum absolute atomic E-state index is 12.9. The first kappa shape index (κ1) is 19.3. The lowest BCUT2D eigenvalue weighted by Crippen LogP contribution is -2.51. The number of hydrogen-bond acceptors (Lipinski definition) is 2. The van der Waals surface area contributed by atoms with Crippen molar-refractivity contribution in [1.82, 2.24) is 10.6 Å². The molecule has 3 N–H and O–H groups in total. The second kappa shape index (κ2) is 8.87. The highest BCUT2D eigenvalue weighted by atomic mass is 35.5. The number of rotatable bonds is 6. The van der Waals surface area contributed by atoms with E-state index in [9.17, 15) is 9.59 Å². The second-order valence-electron chi connectivity index (χ2n) is 5.53. The molecule has 0 radical (unpaired) electrons. The van der Waals surface area contributed by atoms with Crippen LogP contribution in [-0.4, -0.2) is 18.0 Å². The van der Waals surface area contributed by atoms with Crippen molar-refractivity contribution in [2.75, 3.05) is 5.32 Å². The van der Waals surface area contributed by atoms with Gasteiger partial charge in [-0.2, -0.15) is 0 Å². The van der Waals surface area contributed by atoms with Crippen LogP contribution in [0.5, 0.6) is 0 Å². The van der Waals surface area contributed by atoms with E-state index in [1.807, 2.05) is 0 Å². The van der Waals surface area contributed by atoms with Crippen molar-refractivity contribution in [1.29, 1.82) is 0 Å². The smallest absolute Gasteiger partial charge is 0.319 e. The van der Waals surface area contributed by atoms with Gasteiger partial charge in [-0.05, 0) is 36.8 Å². The van der Waals surface area contributed by atoms with Crippen molar-refractivity contribution < 1.29 is 9.59 Å². The van der Waals surface area contributed by atoms with Crippen molar-refractivity contribution in [3.8, 4) is 0 Å². The summed E-state index contributed by atoms with van der Waals surface area (Å²) in [4.78, 5) is 24.8. The predicted octanol–water partition coefficient (Wildman–Crippen LogP) is 4.09. The van der Waals surface area contributed by atoms with Crippen LogP contribution in [0.25, 0.3) is 0 Å². The van der Waals surface area contributed by atoms with Gasteiger partial charge in [0.25, 0.3) is 5.91 Å². The van der Waals surface area contributed by atoms with Gasteiger partial charge in [-0.1, -0.05) is 55.1 Å². The van der Waals surface area contributed by atoms with E-state index in [2.05, 4.69) is 29.1 Å². The molecule has 1 aromatic carbocycles. The van der Waals surface area contributed by atoms with Gasteiger partial charge in [0.2, 0.25) is 0 Å². The highest BCUT2D eigenvalue weighted by Gasteiger charge is 2.31. The van der Waals surface area contributed by atoms with Crippen molar-refractivity contribution in [2.24, 2.45) is 0 Å². The molecular formula is C20H20ClN3O2. The van der Waals surface area contributed by atoms with Crippen LogP contribution in [-0.2, 0) is 4.79 Å². The largest absolute Gasteiger partial charge is 0.327 e. The Balaban J connectivity index is 2.39. The normalized spacial score (nSPS) is 17.5. The van der Waals surface area contributed by atoms with Crippen LogP contribution in [0.15, 0.2) is 84.6 Å². The van der Waals surface area contributed by atoms with Gasteiger partial charge in [-0.15, -0.1) is 0 Å². The first-order valence-corrected chi connectivity index (χ1v) is 8.31. The number of allylic oxidation sites excluding steroid dienone is 5. The van der Waals surface area contributed by atoms with E-state index in [-0.39, 0.29) is 11.9 Å². The molecule has 0 aromatic heterocycles. The number of amides is 3. The molecule has 5 nitrogen and oxygen atoms in total. The molecule has 1 atom stereocenters. The number of carbonyl (C=O) groups excluding carboxylic acids is 2. The molecular weight excluding hydrogens is 350 g/mol. The van der Waals surface area contributed by atoms with Crippen LogP contribution in [0.4, 0.5) is 10.5 Å². The summed E-state index contributed by atoms with van der Waals surface area (Å²) >= 11 is 5.87. The van der Waals surface area contributed by atoms with Crippen molar-refractivity contribution in [3.05, 3.63) is 89.7 Å². The van der Waals surface area contributed by atoms with Gasteiger partial charge in [0.15, 0.2) is 0 Å². The van der Waals surface area contributed by atoms with Gasteiger partial charge in [-0.25, -0.2) is 4.79 Å². The van der Waals surface area contributed by atoms with Crippen LogP contribution in [0, 0.1) is 0 Å². The van der Waals surface area contributed by atoms with Crippen LogP contribution < -0.4 is 16.0 Å². The number of anilines is 1. The van der Waals surface area contributed by atoms with E-state index >= 15 is 0 Å². The first-order valence-electron chi connectivity index (χ1n) is 7.93. The second-order valence-corrected chi connectivity index (χ2v) is 5.96. The molecule has 26 heavy (non-hydrogen) atoms. The maximum atomic E-state index is 12.9. The topological polar surface area (TPSA) is 70.2 Å². The Hall–Kier alpha value is -3.05. The quantitative estimate of drug-likeness (QED) is 0.661. The molecule has 3 amide bonds. The molecule has 0 bridgehead atoms. The number of nitrogens with one attached hydrogen (secondary N) is 3. The summed E-state index contributed by atoms with van der Waals surface area (Å²) in [7, 11) is 0. The molecule has 0 saturated carbocycles. The third kappa shape index (κ3) is 4.74. The Labute approximate surface area is 157 Å². The fourth-order valence-electron chi connectivity index (χ4n) is 2.54. The zero-order valence-corrected chi connectivity index (χ0v) is 15.1. The lowest BCUT2D eigenvalue weighted by molar-refractivity contribution is -0.113. The Bertz CT molecular complexity index is 820. The van der Waals surface area contributed by atoms with Crippen molar-refractivity contribution in [3.63, 3.8) is 0 Å². The zero-order valence-electron chi connectivity index (χ0n) is 14.4. The van der Waals surface area contributed by atoms with Gasteiger partial charge in [0, 0.05) is 16.4 Å². The van der Waals surface area contributed by atoms with Crippen LogP contribution >= 0.6 is 11.6 Å². The monoisotopic (exact) mass is 369 g/mol. The minimum atomic E-state index is -0.620. The Morgan fingerprint density at radius 1 is 1.23 bits per heavy atom. The highest BCUT2D eigenvalue weighted by molar-refractivity contribution is 6.30. The van der Waals surface area contributed by atoms with Gasteiger partial charge in [-0.3, -0.25) is 4.79 Å². The Morgan fingerprint density at radius 3 is 2.54 bits per heavy atom. The predicted molar refractivity (Wildman–Crippen MR) is 106 cm³/mol. The fourth-order valence-corrected chi connectivity index (χ4v) is 2.67. The molecule has 1 aromatic rings. The highest BCUT2D eigenvalue weighted by Crippen LogP contribution is 2.22. The molecule has 134 valence electrons. The lowest BCUT2D eigenvalue weighted by Gasteiger charge is -2.29. The molecule has 2 rings (SSSR count). The summed E-state index contributed by atoms with van der Waals surface area (Å²) < 4.78 is 0. The van der Waals surface area contributed by atoms with Crippen molar-refractivity contribution >= 4 is 29.2 Å². The summed E-state index contributed by atoms with van der Waals surface area (Å²) in [6.45, 7) is 9.02. The van der Waals surface area contributed by atoms with E-state index in [0.717, 1.165) is 0 Å². The average Bonchev–Trinajstić information content (AvgIpc) is 2.59. The number of hydrogen-bond donors (Lipinski definition) is 3. The number of urea groups is 1. The SMILES string of the molecule is C=C/C=C\C(=C/C=C)C1NC(=O)NC(C)=C1C(=O)Nc1ccc(Cl)cc1. The molecule has 0 spiro atoms. The van der Waals surface area contributed by atoms with Gasteiger partial charge in [0.1, 0.15) is 0 Å². The summed E-state index contributed by atoms with van der Waals surface area (Å²) in [5, 5.41) is 8.81. The van der Waals surface area contributed by atoms with E-state index in [0.29, 0.717) is 27.6 Å². The van der Waals surface area contributed by atoms with E-state index in [1.54, 1.807) is 61.6 Å². The zero-order chi connectivity index (χ0) is 19.1. The first-order chi connectivity index (χ1) is 12.5. The van der Waals surface area contributed by atoms with E-state index < -0.39 is 6.04 Å². The molecule has 1 aliphatic heterocycles. The molecule has 1 aliphatic rings. The van der Waals surface area contributed by atoms with E-state index in [1.165, 1.54) is 0 Å². The minimum absolute atomic E-state index is 0.329. The molecule has 1 unspecified atom stereocenters. The standard InChI is InChI=1S/C20H20ClN3O2/c1-4-6-8-14(7-5-2)18-17(13(3)22-20(26)24-18)19(25)23-16-11-9-15(21)10-12-16/h4-12,18H,1-2H2,3H3,(H,23,25)(H2,22,24,26)/b8-6-,14-7+. The Kier molecular flexibility index (Phi) is 6.58. The average molecular weight is 370 g/mol. The molecule has 0 fully saturated rings. The fraction of sp³-hybridized carbons (Fsp3) is 0.100. The summed E-state index contributed by atoms with van der Waals surface area (Å²) in [5.74, 6) is -0.329. The summed E-state index contributed by atoms with van der Waals surface area (Å²) in [6.07, 6.45) is 8.45. The third-order valence-corrected chi connectivity index (χ3v) is 3.94. The third-order valence-electron chi connectivity index (χ3n) is 3.68. The van der Waals surface area contributed by atoms with Gasteiger partial charge >= 0.3 is 6.03 Å². The van der Waals surface area contributed by atoms with Gasteiger partial charge in [0.05, 0.1) is 11.6 Å². The molecule has 0 saturated heterocycles.